The Balaban J connectivity index is 1.95. The van der Waals surface area contributed by atoms with Crippen LogP contribution in [0, 0.1) is 0 Å². The molecule has 1 aromatic heterocycles. The van der Waals surface area contributed by atoms with E-state index in [2.05, 4.69) is 57.4 Å². The first-order valence-corrected chi connectivity index (χ1v) is 7.58. The van der Waals surface area contributed by atoms with E-state index in [-0.39, 0.29) is 6.04 Å². The molecule has 0 aliphatic heterocycles. The van der Waals surface area contributed by atoms with Gasteiger partial charge in [0.2, 0.25) is 0 Å². The van der Waals surface area contributed by atoms with Crippen LogP contribution < -0.4 is 11.1 Å². The number of halogens is 1. The monoisotopic (exact) mass is 341 g/mol. The number of hydrogen-bond acceptors (Lipinski definition) is 3. The standard InChI is InChI=1S/C17H16BrN3/c1-11(12-2-4-13(18)5-3-12)21-17-7-6-16(19)15-10-20-9-8-14(15)17/h2-11,21H,19H2,1H3. The van der Waals surface area contributed by atoms with Crippen molar-refractivity contribution >= 4 is 38.1 Å². The summed E-state index contributed by atoms with van der Waals surface area (Å²) >= 11 is 3.46. The zero-order chi connectivity index (χ0) is 14.8. The first-order valence-electron chi connectivity index (χ1n) is 6.79. The number of rotatable bonds is 3. The van der Waals surface area contributed by atoms with Gasteiger partial charge in [0.25, 0.3) is 0 Å². The van der Waals surface area contributed by atoms with Crippen LogP contribution in [0.15, 0.2) is 59.3 Å². The van der Waals surface area contributed by atoms with Gasteiger partial charge in [0.05, 0.1) is 0 Å². The maximum absolute atomic E-state index is 6.01. The van der Waals surface area contributed by atoms with E-state index in [1.165, 1.54) is 5.56 Å². The normalized spacial score (nSPS) is 12.3. The van der Waals surface area contributed by atoms with E-state index in [9.17, 15) is 0 Å². The minimum absolute atomic E-state index is 0.207. The van der Waals surface area contributed by atoms with Crippen molar-refractivity contribution in [3.8, 4) is 0 Å². The summed E-state index contributed by atoms with van der Waals surface area (Å²) in [6.07, 6.45) is 3.59. The Hall–Kier alpha value is -2.07. The molecule has 0 radical (unpaired) electrons. The Bertz CT molecular complexity index is 769. The number of aromatic nitrogens is 1. The number of anilines is 2. The number of nitrogen functional groups attached to an aromatic ring is 1. The average Bonchev–Trinajstić information content (AvgIpc) is 2.51. The summed E-state index contributed by atoms with van der Waals surface area (Å²) in [5.41, 5.74) is 9.06. The fourth-order valence-corrected chi connectivity index (χ4v) is 2.67. The van der Waals surface area contributed by atoms with Crippen LogP contribution in [0.5, 0.6) is 0 Å². The molecule has 0 aliphatic rings. The van der Waals surface area contributed by atoms with Gasteiger partial charge in [-0.3, -0.25) is 4.98 Å². The zero-order valence-electron chi connectivity index (χ0n) is 11.7. The maximum Gasteiger partial charge on any atom is 0.0485 e. The number of nitrogens with two attached hydrogens (primary N) is 1. The fraction of sp³-hybridized carbons (Fsp3) is 0.118. The van der Waals surface area contributed by atoms with Crippen LogP contribution in [-0.4, -0.2) is 4.98 Å². The predicted octanol–water partition coefficient (Wildman–Crippen LogP) is 4.75. The Morgan fingerprint density at radius 1 is 1.05 bits per heavy atom. The van der Waals surface area contributed by atoms with Crippen LogP contribution in [0.1, 0.15) is 18.5 Å². The molecule has 1 heterocycles. The summed E-state index contributed by atoms with van der Waals surface area (Å²) in [6, 6.07) is 14.5. The highest BCUT2D eigenvalue weighted by molar-refractivity contribution is 9.10. The molecular weight excluding hydrogens is 326 g/mol. The molecular formula is C17H16BrN3. The van der Waals surface area contributed by atoms with Crippen LogP contribution in [0.25, 0.3) is 10.8 Å². The molecule has 0 saturated carbocycles. The van der Waals surface area contributed by atoms with Gasteiger partial charge < -0.3 is 11.1 Å². The van der Waals surface area contributed by atoms with Gasteiger partial charge >= 0.3 is 0 Å². The maximum atomic E-state index is 6.01. The highest BCUT2D eigenvalue weighted by Crippen LogP contribution is 2.30. The van der Waals surface area contributed by atoms with Crippen molar-refractivity contribution in [1.82, 2.24) is 4.98 Å². The summed E-state index contributed by atoms with van der Waals surface area (Å²) in [4.78, 5) is 4.15. The van der Waals surface area contributed by atoms with Crippen LogP contribution in [-0.2, 0) is 0 Å². The molecule has 1 atom stereocenters. The molecule has 21 heavy (non-hydrogen) atoms. The van der Waals surface area contributed by atoms with Crippen molar-refractivity contribution in [2.24, 2.45) is 0 Å². The summed E-state index contributed by atoms with van der Waals surface area (Å²) in [5.74, 6) is 0. The molecule has 3 N–H and O–H groups in total. The third-order valence-electron chi connectivity index (χ3n) is 3.59. The van der Waals surface area contributed by atoms with Crippen LogP contribution in [0.2, 0.25) is 0 Å². The van der Waals surface area contributed by atoms with E-state index in [1.807, 2.05) is 18.2 Å². The summed E-state index contributed by atoms with van der Waals surface area (Å²) in [7, 11) is 0. The number of fused-ring (bicyclic) bond motifs is 1. The van der Waals surface area contributed by atoms with Gasteiger partial charge in [-0.05, 0) is 42.8 Å². The molecule has 0 bridgehead atoms. The smallest absolute Gasteiger partial charge is 0.0485 e. The van der Waals surface area contributed by atoms with Crippen molar-refractivity contribution in [2.45, 2.75) is 13.0 Å². The van der Waals surface area contributed by atoms with E-state index in [1.54, 1.807) is 12.4 Å². The molecule has 0 spiro atoms. The highest BCUT2D eigenvalue weighted by Gasteiger charge is 2.09. The van der Waals surface area contributed by atoms with E-state index in [0.29, 0.717) is 0 Å². The van der Waals surface area contributed by atoms with Crippen molar-refractivity contribution in [3.63, 3.8) is 0 Å². The third-order valence-corrected chi connectivity index (χ3v) is 4.12. The second-order valence-electron chi connectivity index (χ2n) is 5.04. The van der Waals surface area contributed by atoms with Crippen molar-refractivity contribution < 1.29 is 0 Å². The molecule has 0 amide bonds. The molecule has 3 aromatic rings. The zero-order valence-corrected chi connectivity index (χ0v) is 13.3. The van der Waals surface area contributed by atoms with Crippen LogP contribution >= 0.6 is 15.9 Å². The van der Waals surface area contributed by atoms with E-state index >= 15 is 0 Å². The lowest BCUT2D eigenvalue weighted by molar-refractivity contribution is 0.886. The van der Waals surface area contributed by atoms with E-state index in [0.717, 1.165) is 26.6 Å². The lowest BCUT2D eigenvalue weighted by atomic mass is 10.1. The minimum Gasteiger partial charge on any atom is -0.398 e. The Labute approximate surface area is 132 Å². The van der Waals surface area contributed by atoms with Gasteiger partial charge in [0, 0.05) is 45.1 Å². The fourth-order valence-electron chi connectivity index (χ4n) is 2.41. The van der Waals surface area contributed by atoms with Gasteiger partial charge in [-0.15, -0.1) is 0 Å². The molecule has 2 aromatic carbocycles. The second kappa shape index (κ2) is 5.74. The van der Waals surface area contributed by atoms with Crippen molar-refractivity contribution in [3.05, 3.63) is 64.9 Å². The van der Waals surface area contributed by atoms with Crippen molar-refractivity contribution in [2.75, 3.05) is 11.1 Å². The molecule has 1 unspecified atom stereocenters. The van der Waals surface area contributed by atoms with Gasteiger partial charge in [0.15, 0.2) is 0 Å². The summed E-state index contributed by atoms with van der Waals surface area (Å²) < 4.78 is 1.09. The topological polar surface area (TPSA) is 50.9 Å². The van der Waals surface area contributed by atoms with Gasteiger partial charge in [0.1, 0.15) is 0 Å². The number of hydrogen-bond donors (Lipinski definition) is 2. The predicted molar refractivity (Wildman–Crippen MR) is 92.3 cm³/mol. The molecule has 4 heteroatoms. The van der Waals surface area contributed by atoms with E-state index in [4.69, 9.17) is 5.73 Å². The molecule has 3 nitrogen and oxygen atoms in total. The first-order chi connectivity index (χ1) is 10.1. The molecule has 3 rings (SSSR count). The van der Waals surface area contributed by atoms with Gasteiger partial charge in [-0.1, -0.05) is 28.1 Å². The number of pyridine rings is 1. The summed E-state index contributed by atoms with van der Waals surface area (Å²) in [6.45, 7) is 2.15. The van der Waals surface area contributed by atoms with Gasteiger partial charge in [-0.25, -0.2) is 0 Å². The molecule has 0 saturated heterocycles. The summed E-state index contributed by atoms with van der Waals surface area (Å²) in [5, 5.41) is 5.62. The second-order valence-corrected chi connectivity index (χ2v) is 5.96. The Kier molecular flexibility index (Phi) is 3.80. The first kappa shape index (κ1) is 13.9. The number of nitrogens with one attached hydrogen (secondary N) is 1. The number of nitrogens with zero attached hydrogens (tertiary/aromatic N) is 1. The molecule has 106 valence electrons. The van der Waals surface area contributed by atoms with Crippen LogP contribution in [0.3, 0.4) is 0 Å². The molecule has 0 aliphatic carbocycles. The quantitative estimate of drug-likeness (QED) is 0.675. The van der Waals surface area contributed by atoms with E-state index < -0.39 is 0 Å². The average molecular weight is 342 g/mol. The third kappa shape index (κ3) is 2.85. The minimum atomic E-state index is 0.207. The number of benzene rings is 2. The SMILES string of the molecule is CC(Nc1ccc(N)c2cnccc12)c1ccc(Br)cc1. The van der Waals surface area contributed by atoms with Crippen molar-refractivity contribution in [1.29, 1.82) is 0 Å². The Morgan fingerprint density at radius 2 is 1.81 bits per heavy atom. The highest BCUT2D eigenvalue weighted by atomic mass is 79.9. The van der Waals surface area contributed by atoms with Gasteiger partial charge in [-0.2, -0.15) is 0 Å². The Morgan fingerprint density at radius 3 is 2.57 bits per heavy atom. The molecule has 0 fully saturated rings. The van der Waals surface area contributed by atoms with Crippen LogP contribution in [0.4, 0.5) is 11.4 Å². The lowest BCUT2D eigenvalue weighted by Gasteiger charge is -2.18. The largest absolute Gasteiger partial charge is 0.398 e. The lowest BCUT2D eigenvalue weighted by Crippen LogP contribution is -2.07.